The van der Waals surface area contributed by atoms with Crippen molar-refractivity contribution in [3.8, 4) is 5.75 Å². The van der Waals surface area contributed by atoms with Crippen LogP contribution in [0.4, 0.5) is 0 Å². The van der Waals surface area contributed by atoms with E-state index < -0.39 is 0 Å². The van der Waals surface area contributed by atoms with Gasteiger partial charge in [-0.05, 0) is 93.7 Å². The molecule has 0 spiro atoms. The molecule has 0 aliphatic heterocycles. The summed E-state index contributed by atoms with van der Waals surface area (Å²) in [6.45, 7) is 3.75. The summed E-state index contributed by atoms with van der Waals surface area (Å²) in [6.07, 6.45) is 8.33. The van der Waals surface area contributed by atoms with Crippen LogP contribution in [-0.2, 0) is 11.2 Å². The molecule has 1 N–H and O–H groups in total. The number of ketones is 1. The van der Waals surface area contributed by atoms with Crippen LogP contribution in [-0.4, -0.2) is 24.8 Å². The van der Waals surface area contributed by atoms with E-state index in [0.717, 1.165) is 23.3 Å². The van der Waals surface area contributed by atoms with Gasteiger partial charge in [-0.15, -0.1) is 0 Å². The van der Waals surface area contributed by atoms with Crippen LogP contribution in [0, 0.1) is 23.2 Å². The Morgan fingerprint density at radius 3 is 2.26 bits per heavy atom. The van der Waals surface area contributed by atoms with Gasteiger partial charge in [-0.2, -0.15) is 0 Å². The fourth-order valence-corrected chi connectivity index (χ4v) is 6.46. The molecule has 0 radical (unpaired) electrons. The monoisotopic (exact) mass is 369 g/mol. The number of methoxy groups -OCH3 is 1. The second-order valence-corrected chi connectivity index (χ2v) is 9.33. The zero-order valence-electron chi connectivity index (χ0n) is 16.7. The van der Waals surface area contributed by atoms with Crippen molar-refractivity contribution in [2.45, 2.75) is 64.8 Å². The fraction of sp³-hybridized carbons (Fsp3) is 0.652. The standard InChI is InChI=1S/C23H31NO3/c1-14(25)19-4-5-21(27-3)20(9-19)10-22(26)24-15(2)23-11-16-6-17(12-23)8-18(7-16)13-23/h4-5,9,15-18H,6-8,10-13H2,1-3H3,(H,24,26)/t15-,16?,17?,18?,23?/m1/s1. The smallest absolute Gasteiger partial charge is 0.224 e. The van der Waals surface area contributed by atoms with E-state index >= 15 is 0 Å². The maximum Gasteiger partial charge on any atom is 0.224 e. The lowest BCUT2D eigenvalue weighted by Crippen LogP contribution is -2.56. The molecule has 0 saturated heterocycles. The Morgan fingerprint density at radius 2 is 1.74 bits per heavy atom. The molecular weight excluding hydrogens is 338 g/mol. The van der Waals surface area contributed by atoms with E-state index in [1.165, 1.54) is 38.5 Å². The van der Waals surface area contributed by atoms with E-state index in [9.17, 15) is 9.59 Å². The maximum atomic E-state index is 12.8. The van der Waals surface area contributed by atoms with Crippen molar-refractivity contribution in [3.05, 3.63) is 29.3 Å². The summed E-state index contributed by atoms with van der Waals surface area (Å²) in [4.78, 5) is 24.5. The molecule has 0 aromatic heterocycles. The van der Waals surface area contributed by atoms with Crippen LogP contribution in [0.25, 0.3) is 0 Å². The summed E-state index contributed by atoms with van der Waals surface area (Å²) in [6, 6.07) is 5.53. The normalized spacial score (nSPS) is 32.2. The third-order valence-corrected chi connectivity index (χ3v) is 7.42. The first-order valence-electron chi connectivity index (χ1n) is 10.4. The van der Waals surface area contributed by atoms with Gasteiger partial charge in [0.05, 0.1) is 13.5 Å². The van der Waals surface area contributed by atoms with Crippen molar-refractivity contribution in [2.75, 3.05) is 7.11 Å². The quantitative estimate of drug-likeness (QED) is 0.766. The molecule has 4 aliphatic carbocycles. The van der Waals surface area contributed by atoms with Gasteiger partial charge in [0.15, 0.2) is 5.78 Å². The Morgan fingerprint density at radius 1 is 1.15 bits per heavy atom. The number of nitrogens with one attached hydrogen (secondary N) is 1. The highest BCUT2D eigenvalue weighted by molar-refractivity contribution is 5.94. The van der Waals surface area contributed by atoms with Gasteiger partial charge in [-0.1, -0.05) is 0 Å². The summed E-state index contributed by atoms with van der Waals surface area (Å²) in [5.74, 6) is 3.32. The first-order chi connectivity index (χ1) is 12.9. The van der Waals surface area contributed by atoms with E-state index in [0.29, 0.717) is 16.7 Å². The average Bonchev–Trinajstić information content (AvgIpc) is 2.60. The molecule has 0 heterocycles. The molecule has 146 valence electrons. The van der Waals surface area contributed by atoms with Gasteiger partial charge in [0.1, 0.15) is 5.75 Å². The van der Waals surface area contributed by atoms with Crippen LogP contribution >= 0.6 is 0 Å². The summed E-state index contributed by atoms with van der Waals surface area (Å²) in [7, 11) is 1.60. The van der Waals surface area contributed by atoms with Crippen molar-refractivity contribution >= 4 is 11.7 Å². The van der Waals surface area contributed by atoms with Gasteiger partial charge >= 0.3 is 0 Å². The largest absolute Gasteiger partial charge is 0.496 e. The molecule has 27 heavy (non-hydrogen) atoms. The molecule has 1 aromatic rings. The highest BCUT2D eigenvalue weighted by Crippen LogP contribution is 2.61. The van der Waals surface area contributed by atoms with Gasteiger partial charge in [0, 0.05) is 17.2 Å². The second-order valence-electron chi connectivity index (χ2n) is 9.33. The average molecular weight is 370 g/mol. The zero-order chi connectivity index (χ0) is 19.2. The highest BCUT2D eigenvalue weighted by Gasteiger charge is 2.53. The van der Waals surface area contributed by atoms with Crippen molar-refractivity contribution in [1.29, 1.82) is 0 Å². The molecule has 4 saturated carbocycles. The lowest BCUT2D eigenvalue weighted by molar-refractivity contribution is -0.125. The topological polar surface area (TPSA) is 55.4 Å². The van der Waals surface area contributed by atoms with Crippen molar-refractivity contribution in [3.63, 3.8) is 0 Å². The number of rotatable bonds is 6. The Kier molecular flexibility index (Phi) is 4.77. The van der Waals surface area contributed by atoms with Gasteiger partial charge < -0.3 is 10.1 Å². The minimum absolute atomic E-state index is 0.00115. The molecule has 4 heteroatoms. The highest BCUT2D eigenvalue weighted by atomic mass is 16.5. The van der Waals surface area contributed by atoms with E-state index in [-0.39, 0.29) is 24.2 Å². The third kappa shape index (κ3) is 3.51. The predicted molar refractivity (Wildman–Crippen MR) is 105 cm³/mol. The van der Waals surface area contributed by atoms with Gasteiger partial charge in [0.2, 0.25) is 5.91 Å². The number of ether oxygens (including phenoxy) is 1. The van der Waals surface area contributed by atoms with Gasteiger partial charge in [-0.25, -0.2) is 0 Å². The Hall–Kier alpha value is -1.84. The molecule has 1 atom stereocenters. The molecular formula is C23H31NO3. The third-order valence-electron chi connectivity index (χ3n) is 7.42. The zero-order valence-corrected chi connectivity index (χ0v) is 16.7. The lowest BCUT2D eigenvalue weighted by atomic mass is 9.48. The maximum absolute atomic E-state index is 12.8. The summed E-state index contributed by atoms with van der Waals surface area (Å²) in [5, 5.41) is 3.31. The van der Waals surface area contributed by atoms with E-state index in [4.69, 9.17) is 4.74 Å². The molecule has 5 rings (SSSR count). The molecule has 1 amide bonds. The molecule has 4 bridgehead atoms. The molecule has 4 aliphatic rings. The van der Waals surface area contributed by atoms with E-state index in [2.05, 4.69) is 12.2 Å². The van der Waals surface area contributed by atoms with Crippen LogP contribution < -0.4 is 10.1 Å². The SMILES string of the molecule is COc1ccc(C(C)=O)cc1CC(=O)N[C@H](C)C12CC3CC(CC(C3)C1)C2. The summed E-state index contributed by atoms with van der Waals surface area (Å²) in [5.41, 5.74) is 1.70. The van der Waals surface area contributed by atoms with Crippen LogP contribution in [0.3, 0.4) is 0 Å². The number of carbonyl (C=O) groups is 2. The minimum atomic E-state index is 0.00115. The van der Waals surface area contributed by atoms with E-state index in [1.54, 1.807) is 32.2 Å². The van der Waals surface area contributed by atoms with E-state index in [1.807, 2.05) is 0 Å². The second kappa shape index (κ2) is 6.96. The van der Waals surface area contributed by atoms with Crippen LogP contribution in [0.2, 0.25) is 0 Å². The van der Waals surface area contributed by atoms with Gasteiger partial charge in [-0.3, -0.25) is 9.59 Å². The van der Waals surface area contributed by atoms with Gasteiger partial charge in [0.25, 0.3) is 0 Å². The van der Waals surface area contributed by atoms with Crippen molar-refractivity contribution < 1.29 is 14.3 Å². The van der Waals surface area contributed by atoms with Crippen molar-refractivity contribution in [2.24, 2.45) is 23.2 Å². The number of hydrogen-bond acceptors (Lipinski definition) is 3. The number of carbonyl (C=O) groups excluding carboxylic acids is 2. The number of Topliss-reactive ketones (excluding diaryl/α,β-unsaturated/α-hetero) is 1. The number of benzene rings is 1. The lowest BCUT2D eigenvalue weighted by Gasteiger charge is -2.59. The fourth-order valence-electron chi connectivity index (χ4n) is 6.46. The van der Waals surface area contributed by atoms with Crippen LogP contribution in [0.15, 0.2) is 18.2 Å². The van der Waals surface area contributed by atoms with Crippen LogP contribution in [0.5, 0.6) is 5.75 Å². The first kappa shape index (κ1) is 18.5. The summed E-state index contributed by atoms with van der Waals surface area (Å²) < 4.78 is 5.40. The Bertz CT molecular complexity index is 719. The number of amides is 1. The first-order valence-corrected chi connectivity index (χ1v) is 10.4. The Labute approximate surface area is 162 Å². The predicted octanol–water partition coefficient (Wildman–Crippen LogP) is 4.16. The minimum Gasteiger partial charge on any atom is -0.496 e. The molecule has 0 unspecified atom stereocenters. The van der Waals surface area contributed by atoms with Crippen LogP contribution in [0.1, 0.15) is 68.3 Å². The number of hydrogen-bond donors (Lipinski definition) is 1. The Balaban J connectivity index is 1.45. The van der Waals surface area contributed by atoms with Crippen molar-refractivity contribution in [1.82, 2.24) is 5.32 Å². The molecule has 1 aromatic carbocycles. The molecule has 4 nitrogen and oxygen atoms in total. The molecule has 4 fully saturated rings. The summed E-state index contributed by atoms with van der Waals surface area (Å²) >= 11 is 0.